The Kier molecular flexibility index (Phi) is 2.06. The van der Waals surface area contributed by atoms with E-state index < -0.39 is 0 Å². The van der Waals surface area contributed by atoms with Crippen LogP contribution < -0.4 is 5.32 Å². The van der Waals surface area contributed by atoms with Gasteiger partial charge in [-0.3, -0.25) is 4.79 Å². The van der Waals surface area contributed by atoms with Crippen molar-refractivity contribution < 1.29 is 4.79 Å². The van der Waals surface area contributed by atoms with Gasteiger partial charge in [-0.15, -0.1) is 0 Å². The number of carbonyl (C=O) groups is 1. The molecule has 2 rings (SSSR count). The normalized spacial score (nSPS) is 24.7. The molecule has 1 amide bonds. The van der Waals surface area contributed by atoms with E-state index in [0.717, 1.165) is 0 Å². The van der Waals surface area contributed by atoms with Crippen LogP contribution in [0.5, 0.6) is 0 Å². The molecule has 1 aromatic rings. The van der Waals surface area contributed by atoms with Gasteiger partial charge in [-0.25, -0.2) is 0 Å². The Morgan fingerprint density at radius 3 is 2.43 bits per heavy atom. The van der Waals surface area contributed by atoms with Crippen LogP contribution >= 0.6 is 0 Å². The summed E-state index contributed by atoms with van der Waals surface area (Å²) >= 11 is 0. The summed E-state index contributed by atoms with van der Waals surface area (Å²) in [6.07, 6.45) is 0.618. The standard InChI is InChI=1S/C12H15NO/c1-12(2)8-10(14)13-11(12)9-6-4-3-5-7-9/h3-7,11H,8H2,1-2H3,(H,13,14). The van der Waals surface area contributed by atoms with Crippen molar-refractivity contribution in [2.45, 2.75) is 26.3 Å². The van der Waals surface area contributed by atoms with E-state index in [-0.39, 0.29) is 17.4 Å². The topological polar surface area (TPSA) is 29.1 Å². The number of hydrogen-bond acceptors (Lipinski definition) is 1. The Hall–Kier alpha value is -1.31. The number of hydrogen-bond donors (Lipinski definition) is 1. The largest absolute Gasteiger partial charge is 0.349 e. The summed E-state index contributed by atoms with van der Waals surface area (Å²) in [4.78, 5) is 11.3. The fourth-order valence-electron chi connectivity index (χ4n) is 2.10. The molecule has 1 aliphatic heterocycles. The maximum absolute atomic E-state index is 11.3. The highest BCUT2D eigenvalue weighted by Gasteiger charge is 2.39. The van der Waals surface area contributed by atoms with E-state index in [1.165, 1.54) is 5.56 Å². The van der Waals surface area contributed by atoms with Gasteiger partial charge in [0.15, 0.2) is 0 Å². The fraction of sp³-hybridized carbons (Fsp3) is 0.417. The van der Waals surface area contributed by atoms with Gasteiger partial charge in [0.2, 0.25) is 5.91 Å². The Morgan fingerprint density at radius 2 is 1.93 bits per heavy atom. The van der Waals surface area contributed by atoms with E-state index in [1.807, 2.05) is 18.2 Å². The predicted molar refractivity (Wildman–Crippen MR) is 55.7 cm³/mol. The van der Waals surface area contributed by atoms with Crippen LogP contribution in [0.4, 0.5) is 0 Å². The maximum Gasteiger partial charge on any atom is 0.221 e. The molecule has 1 N–H and O–H groups in total. The number of nitrogens with one attached hydrogen (secondary N) is 1. The molecule has 1 fully saturated rings. The van der Waals surface area contributed by atoms with Gasteiger partial charge < -0.3 is 5.32 Å². The minimum atomic E-state index is 0.0262. The lowest BCUT2D eigenvalue weighted by atomic mass is 9.81. The third kappa shape index (κ3) is 1.52. The summed E-state index contributed by atoms with van der Waals surface area (Å²) < 4.78 is 0. The molecule has 1 heterocycles. The third-order valence-electron chi connectivity index (χ3n) is 2.84. The molecule has 1 aliphatic rings. The Morgan fingerprint density at radius 1 is 1.29 bits per heavy atom. The minimum Gasteiger partial charge on any atom is -0.349 e. The zero-order valence-corrected chi connectivity index (χ0v) is 8.58. The number of carbonyl (C=O) groups excluding carboxylic acids is 1. The van der Waals surface area contributed by atoms with E-state index in [0.29, 0.717) is 6.42 Å². The minimum absolute atomic E-state index is 0.0262. The molecule has 2 heteroatoms. The lowest BCUT2D eigenvalue weighted by Crippen LogP contribution is -2.24. The summed E-state index contributed by atoms with van der Waals surface area (Å²) in [7, 11) is 0. The molecule has 74 valence electrons. The zero-order chi connectivity index (χ0) is 10.2. The van der Waals surface area contributed by atoms with E-state index in [4.69, 9.17) is 0 Å². The molecular weight excluding hydrogens is 174 g/mol. The van der Waals surface area contributed by atoms with E-state index in [9.17, 15) is 4.79 Å². The smallest absolute Gasteiger partial charge is 0.221 e. The van der Waals surface area contributed by atoms with Crippen molar-refractivity contribution in [1.82, 2.24) is 5.32 Å². The van der Waals surface area contributed by atoms with Crippen molar-refractivity contribution in [3.8, 4) is 0 Å². The van der Waals surface area contributed by atoms with Crippen LogP contribution in [-0.4, -0.2) is 5.91 Å². The molecule has 1 unspecified atom stereocenters. The van der Waals surface area contributed by atoms with E-state index in [2.05, 4.69) is 31.3 Å². The summed E-state index contributed by atoms with van der Waals surface area (Å²) in [5, 5.41) is 3.02. The monoisotopic (exact) mass is 189 g/mol. The lowest BCUT2D eigenvalue weighted by molar-refractivity contribution is -0.119. The van der Waals surface area contributed by atoms with Crippen LogP contribution in [0.1, 0.15) is 31.9 Å². The van der Waals surface area contributed by atoms with Crippen molar-refractivity contribution in [2.24, 2.45) is 5.41 Å². The lowest BCUT2D eigenvalue weighted by Gasteiger charge is -2.25. The number of amides is 1. The summed E-state index contributed by atoms with van der Waals surface area (Å²) in [6.45, 7) is 4.26. The van der Waals surface area contributed by atoms with E-state index in [1.54, 1.807) is 0 Å². The van der Waals surface area contributed by atoms with Crippen LogP contribution in [0.25, 0.3) is 0 Å². The first-order valence-corrected chi connectivity index (χ1v) is 4.94. The molecule has 1 saturated heterocycles. The van der Waals surface area contributed by atoms with Gasteiger partial charge >= 0.3 is 0 Å². The summed E-state index contributed by atoms with van der Waals surface area (Å²) in [6, 6.07) is 10.3. The highest BCUT2D eigenvalue weighted by molar-refractivity contribution is 5.80. The van der Waals surface area contributed by atoms with Crippen molar-refractivity contribution in [3.05, 3.63) is 35.9 Å². The van der Waals surface area contributed by atoms with Crippen LogP contribution in [0, 0.1) is 5.41 Å². The van der Waals surface area contributed by atoms with Gasteiger partial charge in [-0.05, 0) is 11.0 Å². The highest BCUT2D eigenvalue weighted by Crippen LogP contribution is 2.40. The molecule has 0 aromatic heterocycles. The maximum atomic E-state index is 11.3. The first kappa shape index (κ1) is 9.25. The van der Waals surface area contributed by atoms with Gasteiger partial charge in [-0.2, -0.15) is 0 Å². The van der Waals surface area contributed by atoms with Crippen LogP contribution in [-0.2, 0) is 4.79 Å². The van der Waals surface area contributed by atoms with Gasteiger partial charge in [-0.1, -0.05) is 44.2 Å². The summed E-state index contributed by atoms with van der Waals surface area (Å²) in [5.41, 5.74) is 1.22. The van der Waals surface area contributed by atoms with Crippen molar-refractivity contribution in [3.63, 3.8) is 0 Å². The second kappa shape index (κ2) is 3.12. The first-order valence-electron chi connectivity index (χ1n) is 4.94. The summed E-state index contributed by atoms with van der Waals surface area (Å²) in [5.74, 6) is 0.156. The molecule has 0 saturated carbocycles. The van der Waals surface area contributed by atoms with E-state index >= 15 is 0 Å². The molecule has 0 spiro atoms. The average Bonchev–Trinajstić information content (AvgIpc) is 2.41. The SMILES string of the molecule is CC1(C)CC(=O)NC1c1ccccc1. The molecule has 1 atom stereocenters. The second-order valence-corrected chi connectivity index (χ2v) is 4.58. The van der Waals surface area contributed by atoms with Crippen molar-refractivity contribution >= 4 is 5.91 Å². The van der Waals surface area contributed by atoms with Gasteiger partial charge in [0, 0.05) is 6.42 Å². The molecule has 2 nitrogen and oxygen atoms in total. The van der Waals surface area contributed by atoms with Crippen molar-refractivity contribution in [2.75, 3.05) is 0 Å². The predicted octanol–water partition coefficient (Wildman–Crippen LogP) is 2.27. The van der Waals surface area contributed by atoms with Gasteiger partial charge in [0.25, 0.3) is 0 Å². The number of rotatable bonds is 1. The molecule has 0 aliphatic carbocycles. The Bertz CT molecular complexity index is 343. The molecule has 0 bridgehead atoms. The molecule has 1 aromatic carbocycles. The Balaban J connectivity index is 2.32. The third-order valence-corrected chi connectivity index (χ3v) is 2.84. The van der Waals surface area contributed by atoms with Crippen molar-refractivity contribution in [1.29, 1.82) is 0 Å². The molecular formula is C12H15NO. The van der Waals surface area contributed by atoms with Crippen LogP contribution in [0.15, 0.2) is 30.3 Å². The zero-order valence-electron chi connectivity index (χ0n) is 8.58. The highest BCUT2D eigenvalue weighted by atomic mass is 16.2. The fourth-order valence-corrected chi connectivity index (χ4v) is 2.10. The molecule has 0 radical (unpaired) electrons. The molecule has 14 heavy (non-hydrogen) atoms. The quantitative estimate of drug-likeness (QED) is 0.721. The average molecular weight is 189 g/mol. The number of benzene rings is 1. The second-order valence-electron chi connectivity index (χ2n) is 4.58. The van der Waals surface area contributed by atoms with Gasteiger partial charge in [0.1, 0.15) is 0 Å². The van der Waals surface area contributed by atoms with Gasteiger partial charge in [0.05, 0.1) is 6.04 Å². The van der Waals surface area contributed by atoms with Crippen LogP contribution in [0.3, 0.4) is 0 Å². The first-order chi connectivity index (χ1) is 6.59. The van der Waals surface area contributed by atoms with Crippen LogP contribution in [0.2, 0.25) is 0 Å². The Labute approximate surface area is 84.3 Å².